The summed E-state index contributed by atoms with van der Waals surface area (Å²) in [6, 6.07) is 0. The van der Waals surface area contributed by atoms with Gasteiger partial charge < -0.3 is 0 Å². The summed E-state index contributed by atoms with van der Waals surface area (Å²) >= 11 is 2.21. The fourth-order valence-electron chi connectivity index (χ4n) is 0.730. The van der Waals surface area contributed by atoms with Crippen molar-refractivity contribution in [1.29, 1.82) is 0 Å². The monoisotopic (exact) mass is 136 g/mol. The Morgan fingerprint density at radius 3 is 2.20 bits per heavy atom. The number of unbranched alkanes of at least 4 members (excludes halogenated alkanes) is 1. The van der Waals surface area contributed by atoms with Crippen LogP contribution in [0.2, 0.25) is 5.09 Å². The SMILES string of the molecule is [Li][CH2]CCCOC(C)(C)C. The van der Waals surface area contributed by atoms with Gasteiger partial charge in [-0.25, -0.2) is 0 Å². The quantitative estimate of drug-likeness (QED) is 0.425. The molecule has 0 unspecified atom stereocenters. The minimum atomic E-state index is 0.0493. The normalized spacial score (nSPS) is 12.1. The van der Waals surface area contributed by atoms with Crippen molar-refractivity contribution in [2.24, 2.45) is 0 Å². The summed E-state index contributed by atoms with van der Waals surface area (Å²) in [5, 5.41) is 1.27. The molecular weight excluding hydrogens is 119 g/mol. The Labute approximate surface area is 73.7 Å². The van der Waals surface area contributed by atoms with E-state index in [2.05, 4.69) is 38.5 Å². The van der Waals surface area contributed by atoms with Gasteiger partial charge in [0, 0.05) is 0 Å². The molecule has 0 aliphatic rings. The van der Waals surface area contributed by atoms with Crippen LogP contribution < -0.4 is 0 Å². The maximum absolute atomic E-state index is 5.53. The van der Waals surface area contributed by atoms with Gasteiger partial charge in [-0.05, 0) is 0 Å². The average molecular weight is 136 g/mol. The molecule has 0 amide bonds. The molecule has 2 heteroatoms. The molecule has 0 spiro atoms. The predicted octanol–water partition coefficient (Wildman–Crippen LogP) is 2.17. The molecule has 10 heavy (non-hydrogen) atoms. The second-order valence-corrected chi connectivity index (χ2v) is 3.67. The number of hydrogen-bond acceptors (Lipinski definition) is 1. The molecule has 0 fully saturated rings. The Balaban J connectivity index is 3.04. The number of rotatable bonds is 4. The molecule has 0 aliphatic carbocycles. The zero-order valence-electron chi connectivity index (χ0n) is 7.74. The molecule has 0 aromatic heterocycles. The van der Waals surface area contributed by atoms with Gasteiger partial charge in [-0.1, -0.05) is 0 Å². The van der Waals surface area contributed by atoms with E-state index in [4.69, 9.17) is 4.74 Å². The molecule has 0 atom stereocenters. The zero-order valence-corrected chi connectivity index (χ0v) is 7.74. The minimum absolute atomic E-state index is 0.0493. The van der Waals surface area contributed by atoms with Crippen molar-refractivity contribution >= 4 is 17.7 Å². The van der Waals surface area contributed by atoms with Crippen molar-refractivity contribution in [1.82, 2.24) is 0 Å². The maximum atomic E-state index is 5.53. The summed E-state index contributed by atoms with van der Waals surface area (Å²) in [4.78, 5) is 0. The van der Waals surface area contributed by atoms with E-state index < -0.39 is 0 Å². The first-order chi connectivity index (χ1) is 4.56. The van der Waals surface area contributed by atoms with Crippen molar-refractivity contribution in [2.75, 3.05) is 6.61 Å². The van der Waals surface area contributed by atoms with Crippen LogP contribution in [0.1, 0.15) is 33.6 Å². The summed E-state index contributed by atoms with van der Waals surface area (Å²) in [5.74, 6) is 0. The summed E-state index contributed by atoms with van der Waals surface area (Å²) in [6.45, 7) is 7.20. The van der Waals surface area contributed by atoms with Gasteiger partial charge in [0.05, 0.1) is 0 Å². The van der Waals surface area contributed by atoms with Crippen molar-refractivity contribution in [3.63, 3.8) is 0 Å². The molecule has 0 rings (SSSR count). The van der Waals surface area contributed by atoms with Crippen molar-refractivity contribution in [3.8, 4) is 0 Å². The van der Waals surface area contributed by atoms with Crippen LogP contribution >= 0.6 is 0 Å². The third-order valence-electron chi connectivity index (χ3n) is 1.28. The molecule has 0 saturated carbocycles. The van der Waals surface area contributed by atoms with E-state index in [-0.39, 0.29) is 5.60 Å². The van der Waals surface area contributed by atoms with Gasteiger partial charge in [-0.15, -0.1) is 0 Å². The first-order valence-electron chi connectivity index (χ1n) is 4.20. The van der Waals surface area contributed by atoms with E-state index in [0.717, 1.165) is 6.61 Å². The van der Waals surface area contributed by atoms with Gasteiger partial charge in [0.15, 0.2) is 0 Å². The third kappa shape index (κ3) is 8.56. The Hall–Kier alpha value is 0.557. The second-order valence-electron chi connectivity index (χ2n) is 3.67. The van der Waals surface area contributed by atoms with Crippen LogP contribution in [0.15, 0.2) is 0 Å². The molecule has 0 radical (unpaired) electrons. The molecule has 0 N–H and O–H groups in total. The predicted molar refractivity (Wildman–Crippen MR) is 45.5 cm³/mol. The number of hydrogen-bond donors (Lipinski definition) is 0. The van der Waals surface area contributed by atoms with Crippen LogP contribution in [-0.2, 0) is 4.74 Å². The van der Waals surface area contributed by atoms with E-state index in [1.165, 1.54) is 17.9 Å². The van der Waals surface area contributed by atoms with Crippen molar-refractivity contribution in [3.05, 3.63) is 0 Å². The van der Waals surface area contributed by atoms with Gasteiger partial charge >= 0.3 is 73.4 Å². The van der Waals surface area contributed by atoms with Gasteiger partial charge in [0.25, 0.3) is 0 Å². The Morgan fingerprint density at radius 2 is 1.80 bits per heavy atom. The summed E-state index contributed by atoms with van der Waals surface area (Å²) in [6.07, 6.45) is 2.49. The molecule has 0 aliphatic heterocycles. The molecule has 0 saturated heterocycles. The average Bonchev–Trinajstić information content (AvgIpc) is 1.78. The summed E-state index contributed by atoms with van der Waals surface area (Å²) < 4.78 is 5.53. The molecule has 0 bridgehead atoms. The van der Waals surface area contributed by atoms with E-state index in [1.54, 1.807) is 0 Å². The molecular formula is C8H17LiO. The van der Waals surface area contributed by atoms with Crippen LogP contribution in [0.5, 0.6) is 0 Å². The molecule has 1 nitrogen and oxygen atoms in total. The Bertz CT molecular complexity index is 75.8. The first-order valence-corrected chi connectivity index (χ1v) is 4.20. The van der Waals surface area contributed by atoms with Crippen LogP contribution in [0.25, 0.3) is 0 Å². The van der Waals surface area contributed by atoms with Crippen molar-refractivity contribution in [2.45, 2.75) is 44.3 Å². The number of ether oxygens (including phenoxy) is 1. The van der Waals surface area contributed by atoms with E-state index in [0.29, 0.717) is 0 Å². The van der Waals surface area contributed by atoms with Crippen LogP contribution in [0.3, 0.4) is 0 Å². The van der Waals surface area contributed by atoms with E-state index in [1.807, 2.05) is 0 Å². The van der Waals surface area contributed by atoms with Gasteiger partial charge in [0.2, 0.25) is 0 Å². The van der Waals surface area contributed by atoms with Crippen LogP contribution in [0, 0.1) is 0 Å². The van der Waals surface area contributed by atoms with Crippen molar-refractivity contribution < 1.29 is 4.74 Å². The summed E-state index contributed by atoms with van der Waals surface area (Å²) in [7, 11) is 0. The fourth-order valence-corrected chi connectivity index (χ4v) is 0.730. The van der Waals surface area contributed by atoms with Crippen LogP contribution in [-0.4, -0.2) is 29.9 Å². The molecule has 56 valence electrons. The second kappa shape index (κ2) is 5.24. The van der Waals surface area contributed by atoms with E-state index in [9.17, 15) is 0 Å². The molecule has 0 heterocycles. The Morgan fingerprint density at radius 1 is 1.20 bits per heavy atom. The van der Waals surface area contributed by atoms with Gasteiger partial charge in [-0.3, -0.25) is 0 Å². The summed E-state index contributed by atoms with van der Waals surface area (Å²) in [5.41, 5.74) is 0.0493. The van der Waals surface area contributed by atoms with E-state index >= 15 is 0 Å². The van der Waals surface area contributed by atoms with Gasteiger partial charge in [-0.2, -0.15) is 0 Å². The van der Waals surface area contributed by atoms with Crippen LogP contribution in [0.4, 0.5) is 0 Å². The zero-order chi connectivity index (χ0) is 8.04. The fraction of sp³-hybridized carbons (Fsp3) is 1.00. The molecule has 0 aromatic carbocycles. The Kier molecular flexibility index (Phi) is 5.53. The third-order valence-corrected chi connectivity index (χ3v) is 1.28. The first kappa shape index (κ1) is 10.6. The topological polar surface area (TPSA) is 9.23 Å². The standard InChI is InChI=1S/C8H17O.Li/c1-5-6-7-9-8(2,3)4;/h1,5-7H2,2-4H3;. The van der Waals surface area contributed by atoms with Gasteiger partial charge in [0.1, 0.15) is 0 Å². The molecule has 0 aromatic rings.